The molecule has 3 heteroatoms. The van der Waals surface area contributed by atoms with Gasteiger partial charge < -0.3 is 9.40 Å². The van der Waals surface area contributed by atoms with E-state index < -0.39 is 0 Å². The van der Waals surface area contributed by atoms with Crippen molar-refractivity contribution in [3.8, 4) is 0 Å². The van der Waals surface area contributed by atoms with Crippen LogP contribution < -0.4 is 0 Å². The van der Waals surface area contributed by atoms with Gasteiger partial charge in [0, 0.05) is 38.6 Å². The third kappa shape index (κ3) is 2.06. The zero-order valence-corrected chi connectivity index (χ0v) is 7.77. The Morgan fingerprint density at radius 1 is 1.50 bits per heavy atom. The van der Waals surface area contributed by atoms with Crippen LogP contribution in [0.25, 0.3) is 0 Å². The monoisotopic (exact) mass is 185 g/mol. The third-order valence-corrected chi connectivity index (χ3v) is 0.672. The van der Waals surface area contributed by atoms with Gasteiger partial charge in [0.1, 0.15) is 0 Å². The van der Waals surface area contributed by atoms with Gasteiger partial charge in [-0.1, -0.05) is 13.2 Å². The molecule has 0 unspecified atom stereocenters. The summed E-state index contributed by atoms with van der Waals surface area (Å²) in [5, 5.41) is 0. The largest absolute Gasteiger partial charge is 0.630 e. The molecule has 0 spiro atoms. The summed E-state index contributed by atoms with van der Waals surface area (Å²) >= 11 is 0. The van der Waals surface area contributed by atoms with Crippen LogP contribution >= 0.6 is 0 Å². The molecule has 1 radical (unpaired) electrons. The molecule has 2 nitrogen and oxygen atoms in total. The number of aryl methyl sites for hydroxylation is 2. The van der Waals surface area contributed by atoms with E-state index in [0.717, 1.165) is 5.69 Å². The molecular formula is C5H6NOY-. The van der Waals surface area contributed by atoms with Crippen molar-refractivity contribution < 1.29 is 37.1 Å². The minimum atomic E-state index is 0. The minimum Gasteiger partial charge on any atom is -0.630 e. The van der Waals surface area contributed by atoms with Gasteiger partial charge in [-0.3, -0.25) is 0 Å². The number of oxazole rings is 1. The van der Waals surface area contributed by atoms with Crippen molar-refractivity contribution in [2.24, 2.45) is 0 Å². The van der Waals surface area contributed by atoms with E-state index in [-0.39, 0.29) is 32.7 Å². The molecule has 0 N–H and O–H groups in total. The molecule has 0 aliphatic heterocycles. The summed E-state index contributed by atoms with van der Waals surface area (Å²) in [7, 11) is 0. The van der Waals surface area contributed by atoms with E-state index in [4.69, 9.17) is 4.42 Å². The fourth-order valence-electron chi connectivity index (χ4n) is 0.430. The molecule has 0 aliphatic carbocycles. The smallest absolute Gasteiger partial charge is 0.0308 e. The Morgan fingerprint density at radius 3 is 2.25 bits per heavy atom. The molecule has 0 fully saturated rings. The first-order chi connectivity index (χ1) is 3.29. The topological polar surface area (TPSA) is 26.0 Å². The Morgan fingerprint density at radius 2 is 2.12 bits per heavy atom. The van der Waals surface area contributed by atoms with Gasteiger partial charge in [-0.2, -0.15) is 0 Å². The quantitative estimate of drug-likeness (QED) is 0.565. The molecule has 0 aliphatic rings. The van der Waals surface area contributed by atoms with E-state index in [9.17, 15) is 0 Å². The molecule has 0 atom stereocenters. The van der Waals surface area contributed by atoms with E-state index in [1.165, 1.54) is 0 Å². The van der Waals surface area contributed by atoms with Crippen LogP contribution in [0.2, 0.25) is 0 Å². The maximum Gasteiger partial charge on any atom is 0.0308 e. The molecule has 0 aromatic carbocycles. The summed E-state index contributed by atoms with van der Waals surface area (Å²) in [6.07, 6.45) is 2.58. The predicted octanol–water partition coefficient (Wildman–Crippen LogP) is 1.09. The van der Waals surface area contributed by atoms with Gasteiger partial charge in [-0.15, -0.1) is 0 Å². The first kappa shape index (κ1) is 8.31. The summed E-state index contributed by atoms with van der Waals surface area (Å²) in [5.74, 6) is 0.678. The van der Waals surface area contributed by atoms with E-state index in [1.54, 1.807) is 6.92 Å². The summed E-state index contributed by atoms with van der Waals surface area (Å²) in [5.41, 5.74) is 0.817. The second-order valence-corrected chi connectivity index (χ2v) is 1.42. The van der Waals surface area contributed by atoms with Crippen LogP contribution in [-0.4, -0.2) is 4.98 Å². The molecule has 41 valence electrons. The molecule has 0 amide bonds. The summed E-state index contributed by atoms with van der Waals surface area (Å²) < 4.78 is 4.73. The summed E-state index contributed by atoms with van der Waals surface area (Å²) in [4.78, 5) is 3.89. The van der Waals surface area contributed by atoms with Crippen molar-refractivity contribution in [1.82, 2.24) is 4.98 Å². The van der Waals surface area contributed by atoms with Gasteiger partial charge in [-0.05, 0) is 12.6 Å². The summed E-state index contributed by atoms with van der Waals surface area (Å²) in [6, 6.07) is 0. The Balaban J connectivity index is 0.000000490. The molecule has 1 heterocycles. The van der Waals surface area contributed by atoms with Crippen molar-refractivity contribution in [2.75, 3.05) is 0 Å². The molecule has 1 aromatic rings. The predicted molar refractivity (Wildman–Crippen MR) is 24.8 cm³/mol. The SMILES string of the molecule is Cc1[c-]oc(C)n1.[Y]. The fraction of sp³-hybridized carbons (Fsp3) is 0.400. The van der Waals surface area contributed by atoms with Gasteiger partial charge in [0.15, 0.2) is 0 Å². The number of aromatic nitrogens is 1. The van der Waals surface area contributed by atoms with Crippen molar-refractivity contribution in [1.29, 1.82) is 0 Å². The Kier molecular flexibility index (Phi) is 3.49. The second kappa shape index (κ2) is 3.36. The van der Waals surface area contributed by atoms with Gasteiger partial charge in [0.2, 0.25) is 0 Å². The van der Waals surface area contributed by atoms with E-state index in [1.807, 2.05) is 6.92 Å². The number of hydrogen-bond donors (Lipinski definition) is 0. The summed E-state index contributed by atoms with van der Waals surface area (Å²) in [6.45, 7) is 3.64. The van der Waals surface area contributed by atoms with Crippen LogP contribution in [0.5, 0.6) is 0 Å². The molecule has 1 rings (SSSR count). The van der Waals surface area contributed by atoms with Crippen LogP contribution in [0.1, 0.15) is 11.6 Å². The second-order valence-electron chi connectivity index (χ2n) is 1.42. The van der Waals surface area contributed by atoms with Gasteiger partial charge in [0.05, 0.1) is 0 Å². The molecule has 1 aromatic heterocycles. The zero-order chi connectivity index (χ0) is 5.28. The first-order valence-electron chi connectivity index (χ1n) is 2.11. The van der Waals surface area contributed by atoms with E-state index >= 15 is 0 Å². The maximum absolute atomic E-state index is 4.73. The molecule has 0 saturated carbocycles. The zero-order valence-electron chi connectivity index (χ0n) is 4.93. The number of hydrogen-bond acceptors (Lipinski definition) is 2. The fourth-order valence-corrected chi connectivity index (χ4v) is 0.430. The van der Waals surface area contributed by atoms with Crippen molar-refractivity contribution in [3.63, 3.8) is 0 Å². The normalized spacial score (nSPS) is 8.25. The minimum absolute atomic E-state index is 0. The molecule has 0 saturated heterocycles. The first-order valence-corrected chi connectivity index (χ1v) is 2.11. The standard InChI is InChI=1S/C5H6NO.Y/c1-4-3-7-5(2)6-4;/h1-2H3;/q-1;. The maximum atomic E-state index is 4.73. The van der Waals surface area contributed by atoms with Crippen molar-refractivity contribution in [2.45, 2.75) is 13.8 Å². The van der Waals surface area contributed by atoms with E-state index in [2.05, 4.69) is 11.2 Å². The number of nitrogens with zero attached hydrogens (tertiary/aromatic N) is 1. The van der Waals surface area contributed by atoms with Crippen molar-refractivity contribution >= 4 is 0 Å². The average Bonchev–Trinajstić information content (AvgIpc) is 1.87. The van der Waals surface area contributed by atoms with Gasteiger partial charge in [-0.25, -0.2) is 0 Å². The third-order valence-electron chi connectivity index (χ3n) is 0.672. The Bertz CT molecular complexity index is 145. The van der Waals surface area contributed by atoms with Crippen molar-refractivity contribution in [3.05, 3.63) is 17.8 Å². The van der Waals surface area contributed by atoms with E-state index in [0.29, 0.717) is 5.89 Å². The molecule has 8 heavy (non-hydrogen) atoms. The molecule has 0 bridgehead atoms. The Labute approximate surface area is 73.6 Å². The van der Waals surface area contributed by atoms with Crippen LogP contribution in [-0.2, 0) is 32.7 Å². The van der Waals surface area contributed by atoms with Gasteiger partial charge >= 0.3 is 0 Å². The average molecular weight is 185 g/mol. The van der Waals surface area contributed by atoms with Crippen LogP contribution in [0.4, 0.5) is 0 Å². The van der Waals surface area contributed by atoms with Crippen LogP contribution in [0, 0.1) is 20.1 Å². The van der Waals surface area contributed by atoms with Crippen LogP contribution in [0.15, 0.2) is 4.42 Å². The van der Waals surface area contributed by atoms with Gasteiger partial charge in [0.25, 0.3) is 0 Å². The Hall–Kier alpha value is 0.314. The molecular weight excluding hydrogens is 179 g/mol. The van der Waals surface area contributed by atoms with Crippen LogP contribution in [0.3, 0.4) is 0 Å². The number of rotatable bonds is 0.